The molecule has 2 aromatic heterocycles. The van der Waals surface area contributed by atoms with Crippen LogP contribution >= 0.6 is 0 Å². The molecule has 2 nitrogen and oxygen atoms in total. The SMILES string of the molecule is CCn1c2ccccc2c2cc3c4ccc(-c5ccc6c(c5)c5cc(-c7ccccc7)ccc5n6-c5ccccc5)cc4c4ccccc4c3cc21. The van der Waals surface area contributed by atoms with E-state index in [-0.39, 0.29) is 0 Å². The average Bonchev–Trinajstić information content (AvgIpc) is 3.72. The first-order valence-electron chi connectivity index (χ1n) is 18.2. The van der Waals surface area contributed by atoms with Crippen molar-refractivity contribution in [1.82, 2.24) is 9.13 Å². The van der Waals surface area contributed by atoms with Crippen LogP contribution in [-0.4, -0.2) is 9.13 Å². The first-order chi connectivity index (χ1) is 25.7. The Bertz CT molecular complexity index is 3200. The van der Waals surface area contributed by atoms with Gasteiger partial charge in [0.2, 0.25) is 0 Å². The van der Waals surface area contributed by atoms with Gasteiger partial charge in [0.25, 0.3) is 0 Å². The molecule has 11 aromatic rings. The van der Waals surface area contributed by atoms with E-state index in [9.17, 15) is 0 Å². The van der Waals surface area contributed by atoms with Crippen LogP contribution < -0.4 is 0 Å². The largest absolute Gasteiger partial charge is 0.341 e. The summed E-state index contributed by atoms with van der Waals surface area (Å²) in [6.45, 7) is 3.18. The number of benzene rings is 9. The van der Waals surface area contributed by atoms with Crippen molar-refractivity contribution in [2.45, 2.75) is 13.5 Å². The van der Waals surface area contributed by atoms with Crippen molar-refractivity contribution >= 4 is 75.9 Å². The fraction of sp³-hybridized carbons (Fsp3) is 0.0400. The second kappa shape index (κ2) is 11.2. The molecular weight excluding hydrogens is 629 g/mol. The summed E-state index contributed by atoms with van der Waals surface area (Å²) >= 11 is 0. The third kappa shape index (κ3) is 4.18. The van der Waals surface area contributed by atoms with Crippen LogP contribution in [0.2, 0.25) is 0 Å². The zero-order valence-corrected chi connectivity index (χ0v) is 28.8. The van der Waals surface area contributed by atoms with Crippen LogP contribution in [0.15, 0.2) is 176 Å². The normalized spacial score (nSPS) is 12.0. The molecule has 0 amide bonds. The topological polar surface area (TPSA) is 9.86 Å². The average molecular weight is 663 g/mol. The second-order valence-electron chi connectivity index (χ2n) is 14.0. The lowest BCUT2D eigenvalue weighted by atomic mass is 9.91. The summed E-state index contributed by atoms with van der Waals surface area (Å²) in [6.07, 6.45) is 0. The van der Waals surface area contributed by atoms with E-state index in [1.165, 1.54) is 104 Å². The molecule has 0 bridgehead atoms. The summed E-state index contributed by atoms with van der Waals surface area (Å²) in [5.41, 5.74) is 11.1. The van der Waals surface area contributed by atoms with E-state index in [1.54, 1.807) is 0 Å². The number of fused-ring (bicyclic) bond motifs is 12. The van der Waals surface area contributed by atoms with Crippen LogP contribution in [0.1, 0.15) is 6.92 Å². The van der Waals surface area contributed by atoms with Crippen LogP contribution in [0.3, 0.4) is 0 Å². The monoisotopic (exact) mass is 662 g/mol. The van der Waals surface area contributed by atoms with E-state index in [0.717, 1.165) is 6.54 Å². The maximum Gasteiger partial charge on any atom is 0.0541 e. The van der Waals surface area contributed by atoms with Gasteiger partial charge in [0.15, 0.2) is 0 Å². The smallest absolute Gasteiger partial charge is 0.0541 e. The molecule has 2 heterocycles. The maximum atomic E-state index is 2.46. The zero-order chi connectivity index (χ0) is 34.3. The molecule has 0 fully saturated rings. The van der Waals surface area contributed by atoms with Gasteiger partial charge in [0.05, 0.1) is 11.0 Å². The Morgan fingerprint density at radius 1 is 0.308 bits per heavy atom. The Morgan fingerprint density at radius 2 is 0.788 bits per heavy atom. The highest BCUT2D eigenvalue weighted by Crippen LogP contribution is 2.42. The highest BCUT2D eigenvalue weighted by Gasteiger charge is 2.17. The minimum atomic E-state index is 0.937. The number of aromatic nitrogens is 2. The van der Waals surface area contributed by atoms with E-state index < -0.39 is 0 Å². The van der Waals surface area contributed by atoms with Gasteiger partial charge >= 0.3 is 0 Å². The molecule has 0 saturated carbocycles. The fourth-order valence-corrected chi connectivity index (χ4v) is 8.88. The second-order valence-corrected chi connectivity index (χ2v) is 14.0. The van der Waals surface area contributed by atoms with Gasteiger partial charge in [0, 0.05) is 44.8 Å². The number of hydrogen-bond donors (Lipinski definition) is 0. The van der Waals surface area contributed by atoms with E-state index >= 15 is 0 Å². The van der Waals surface area contributed by atoms with Gasteiger partial charge in [-0.05, 0) is 122 Å². The third-order valence-electron chi connectivity index (χ3n) is 11.3. The lowest BCUT2D eigenvalue weighted by Crippen LogP contribution is -1.93. The number of nitrogens with zero attached hydrogens (tertiary/aromatic N) is 2. The minimum Gasteiger partial charge on any atom is -0.341 e. The Balaban J connectivity index is 1.16. The summed E-state index contributed by atoms with van der Waals surface area (Å²) in [5, 5.41) is 12.9. The van der Waals surface area contributed by atoms with Crippen molar-refractivity contribution in [3.8, 4) is 27.9 Å². The van der Waals surface area contributed by atoms with Crippen LogP contribution in [0, 0.1) is 0 Å². The van der Waals surface area contributed by atoms with Crippen LogP contribution in [0.5, 0.6) is 0 Å². The zero-order valence-electron chi connectivity index (χ0n) is 28.8. The Morgan fingerprint density at radius 3 is 1.46 bits per heavy atom. The predicted molar refractivity (Wildman–Crippen MR) is 223 cm³/mol. The summed E-state index contributed by atoms with van der Waals surface area (Å²) in [6, 6.07) is 65.1. The van der Waals surface area contributed by atoms with Crippen LogP contribution in [0.25, 0.3) is 104 Å². The summed E-state index contributed by atoms with van der Waals surface area (Å²) < 4.78 is 4.86. The molecule has 244 valence electrons. The van der Waals surface area contributed by atoms with Crippen molar-refractivity contribution in [1.29, 1.82) is 0 Å². The first-order valence-corrected chi connectivity index (χ1v) is 18.2. The number of hydrogen-bond acceptors (Lipinski definition) is 0. The number of aryl methyl sites for hydroxylation is 1. The van der Waals surface area contributed by atoms with E-state index in [0.29, 0.717) is 0 Å². The molecular formula is C50H34N2. The molecule has 9 aromatic carbocycles. The first kappa shape index (κ1) is 29.1. The minimum absolute atomic E-state index is 0.937. The van der Waals surface area contributed by atoms with Crippen molar-refractivity contribution in [2.24, 2.45) is 0 Å². The van der Waals surface area contributed by atoms with Crippen LogP contribution in [-0.2, 0) is 6.54 Å². The Kier molecular flexibility index (Phi) is 6.26. The molecule has 2 heteroatoms. The molecule has 0 unspecified atom stereocenters. The van der Waals surface area contributed by atoms with Crippen LogP contribution in [0.4, 0.5) is 0 Å². The molecule has 52 heavy (non-hydrogen) atoms. The highest BCUT2D eigenvalue weighted by atomic mass is 15.0. The van der Waals surface area contributed by atoms with Gasteiger partial charge in [-0.2, -0.15) is 0 Å². The number of para-hydroxylation sites is 2. The van der Waals surface area contributed by atoms with Crippen molar-refractivity contribution < 1.29 is 0 Å². The molecule has 0 atom stereocenters. The van der Waals surface area contributed by atoms with E-state index in [4.69, 9.17) is 0 Å². The maximum absolute atomic E-state index is 2.46. The molecule has 0 aliphatic heterocycles. The van der Waals surface area contributed by atoms with Gasteiger partial charge in [-0.15, -0.1) is 0 Å². The number of rotatable bonds is 4. The van der Waals surface area contributed by atoms with E-state index in [1.807, 2.05) is 0 Å². The Hall–Kier alpha value is -6.64. The molecule has 0 spiro atoms. The lowest BCUT2D eigenvalue weighted by Gasteiger charge is -2.13. The molecule has 0 N–H and O–H groups in total. The summed E-state index contributed by atoms with van der Waals surface area (Å²) in [7, 11) is 0. The van der Waals surface area contributed by atoms with Gasteiger partial charge in [0.1, 0.15) is 0 Å². The van der Waals surface area contributed by atoms with E-state index in [2.05, 4.69) is 192 Å². The molecule has 0 saturated heterocycles. The van der Waals surface area contributed by atoms with Gasteiger partial charge in [-0.1, -0.05) is 115 Å². The van der Waals surface area contributed by atoms with Crippen molar-refractivity contribution in [3.05, 3.63) is 176 Å². The van der Waals surface area contributed by atoms with Gasteiger partial charge < -0.3 is 9.13 Å². The Labute approximate surface area is 301 Å². The quantitative estimate of drug-likeness (QED) is 0.166. The highest BCUT2D eigenvalue weighted by molar-refractivity contribution is 6.29. The predicted octanol–water partition coefficient (Wildman–Crippen LogP) is 13.7. The molecule has 0 radical (unpaired) electrons. The summed E-state index contributed by atoms with van der Waals surface area (Å²) in [4.78, 5) is 0. The fourth-order valence-electron chi connectivity index (χ4n) is 8.88. The molecule has 11 rings (SSSR count). The standard InChI is InChI=1S/C50H34N2/c1-2-51-47-20-12-11-19-40(47)46-30-42-39-24-21-34(27-41(39)37-17-9-10-18-38(37)43(42)31-50(46)51)35-23-26-49-45(29-35)44-28-33(32-13-5-3-6-14-32)22-25-48(44)52(49)36-15-7-4-8-16-36/h3-31H,2H2,1H3. The van der Waals surface area contributed by atoms with Crippen molar-refractivity contribution in [2.75, 3.05) is 0 Å². The van der Waals surface area contributed by atoms with Gasteiger partial charge in [-0.25, -0.2) is 0 Å². The van der Waals surface area contributed by atoms with Gasteiger partial charge in [-0.3, -0.25) is 0 Å². The molecule has 0 aliphatic carbocycles. The third-order valence-corrected chi connectivity index (χ3v) is 11.3. The molecule has 0 aliphatic rings. The van der Waals surface area contributed by atoms with Crippen molar-refractivity contribution in [3.63, 3.8) is 0 Å². The summed E-state index contributed by atoms with van der Waals surface area (Å²) in [5.74, 6) is 0. The lowest BCUT2D eigenvalue weighted by molar-refractivity contribution is 0.827.